The molecule has 9 heteroatoms. The third kappa shape index (κ3) is 3.31. The van der Waals surface area contributed by atoms with E-state index in [2.05, 4.69) is 30.3 Å². The summed E-state index contributed by atoms with van der Waals surface area (Å²) in [5, 5.41) is 7.76. The number of anilines is 2. The Balaban J connectivity index is 1.40. The molecule has 1 N–H and O–H groups in total. The van der Waals surface area contributed by atoms with E-state index >= 15 is 0 Å². The van der Waals surface area contributed by atoms with Crippen molar-refractivity contribution < 1.29 is 4.74 Å². The Kier molecular flexibility index (Phi) is 4.14. The molecule has 3 aromatic rings. The lowest BCUT2D eigenvalue weighted by Crippen LogP contribution is -2.38. The average molecular weight is 331 g/mol. The highest BCUT2D eigenvalue weighted by Crippen LogP contribution is 2.22. The number of thiazole rings is 1. The summed E-state index contributed by atoms with van der Waals surface area (Å²) < 4.78 is 7.30. The molecule has 120 valence electrons. The standard InChI is InChI=1S/C14H17N7OS/c1-2-21(4-3-20-5-7-22-8-6-20)19-11(1)18-13-12-14(16-9-15-13)23-10-17-12/h1-2,9-10H,3-8H2,(H,15,16,18,19). The van der Waals surface area contributed by atoms with E-state index in [1.807, 2.05) is 16.9 Å². The zero-order valence-electron chi connectivity index (χ0n) is 12.6. The van der Waals surface area contributed by atoms with Crippen molar-refractivity contribution in [1.29, 1.82) is 0 Å². The maximum Gasteiger partial charge on any atom is 0.162 e. The number of morpholine rings is 1. The van der Waals surface area contributed by atoms with Crippen LogP contribution in [-0.4, -0.2) is 62.5 Å². The Morgan fingerprint density at radius 3 is 3.00 bits per heavy atom. The van der Waals surface area contributed by atoms with E-state index < -0.39 is 0 Å². The lowest BCUT2D eigenvalue weighted by molar-refractivity contribution is 0.0360. The van der Waals surface area contributed by atoms with Crippen LogP contribution in [0.5, 0.6) is 0 Å². The van der Waals surface area contributed by atoms with Crippen molar-refractivity contribution in [2.45, 2.75) is 6.54 Å². The van der Waals surface area contributed by atoms with Gasteiger partial charge in [-0.05, 0) is 0 Å². The van der Waals surface area contributed by atoms with Crippen LogP contribution < -0.4 is 5.32 Å². The van der Waals surface area contributed by atoms with Gasteiger partial charge in [-0.1, -0.05) is 0 Å². The Labute approximate surface area is 137 Å². The van der Waals surface area contributed by atoms with Gasteiger partial charge in [-0.25, -0.2) is 15.0 Å². The molecule has 0 aromatic carbocycles. The largest absolute Gasteiger partial charge is 0.379 e. The van der Waals surface area contributed by atoms with Crippen molar-refractivity contribution in [3.8, 4) is 0 Å². The number of rotatable bonds is 5. The van der Waals surface area contributed by atoms with E-state index in [-0.39, 0.29) is 0 Å². The Morgan fingerprint density at radius 2 is 2.09 bits per heavy atom. The first-order valence-corrected chi connectivity index (χ1v) is 8.41. The number of nitrogens with zero attached hydrogens (tertiary/aromatic N) is 6. The molecular weight excluding hydrogens is 314 g/mol. The van der Waals surface area contributed by atoms with Gasteiger partial charge < -0.3 is 10.1 Å². The van der Waals surface area contributed by atoms with Crippen LogP contribution in [0, 0.1) is 0 Å². The minimum absolute atomic E-state index is 0.690. The first-order valence-electron chi connectivity index (χ1n) is 7.53. The van der Waals surface area contributed by atoms with Gasteiger partial charge in [0.25, 0.3) is 0 Å². The maximum atomic E-state index is 5.36. The first-order chi connectivity index (χ1) is 11.4. The Bertz CT molecular complexity index is 780. The summed E-state index contributed by atoms with van der Waals surface area (Å²) in [5.74, 6) is 1.45. The molecule has 1 saturated heterocycles. The fourth-order valence-electron chi connectivity index (χ4n) is 2.53. The van der Waals surface area contributed by atoms with Gasteiger partial charge in [-0.3, -0.25) is 9.58 Å². The molecule has 0 aliphatic carbocycles. The van der Waals surface area contributed by atoms with Crippen LogP contribution >= 0.6 is 11.3 Å². The van der Waals surface area contributed by atoms with E-state index in [1.54, 1.807) is 5.51 Å². The van der Waals surface area contributed by atoms with E-state index in [0.29, 0.717) is 5.82 Å². The molecule has 1 aliphatic heterocycles. The SMILES string of the molecule is c1nc(Nc2ccn(CCN3CCOCC3)n2)c2ncsc2n1. The molecule has 0 unspecified atom stereocenters. The van der Waals surface area contributed by atoms with Gasteiger partial charge in [0.05, 0.1) is 25.3 Å². The smallest absolute Gasteiger partial charge is 0.162 e. The summed E-state index contributed by atoms with van der Waals surface area (Å²) in [5.41, 5.74) is 2.55. The number of aromatic nitrogens is 5. The zero-order chi connectivity index (χ0) is 15.5. The van der Waals surface area contributed by atoms with Gasteiger partial charge in [0.15, 0.2) is 11.6 Å². The van der Waals surface area contributed by atoms with Crippen LogP contribution in [0.1, 0.15) is 0 Å². The second-order valence-electron chi connectivity index (χ2n) is 5.27. The second-order valence-corrected chi connectivity index (χ2v) is 6.10. The number of hydrogen-bond acceptors (Lipinski definition) is 8. The lowest BCUT2D eigenvalue weighted by Gasteiger charge is -2.26. The van der Waals surface area contributed by atoms with E-state index in [4.69, 9.17) is 4.74 Å². The number of fused-ring (bicyclic) bond motifs is 1. The van der Waals surface area contributed by atoms with Crippen LogP contribution in [0.2, 0.25) is 0 Å². The highest BCUT2D eigenvalue weighted by molar-refractivity contribution is 7.16. The topological polar surface area (TPSA) is 81.0 Å². The fraction of sp³-hybridized carbons (Fsp3) is 0.429. The molecule has 0 amide bonds. The van der Waals surface area contributed by atoms with Crippen molar-refractivity contribution >= 4 is 33.3 Å². The second kappa shape index (κ2) is 6.57. The van der Waals surface area contributed by atoms with E-state index in [9.17, 15) is 0 Å². The van der Waals surface area contributed by atoms with E-state index in [0.717, 1.165) is 55.6 Å². The minimum atomic E-state index is 0.690. The van der Waals surface area contributed by atoms with Gasteiger partial charge >= 0.3 is 0 Å². The summed E-state index contributed by atoms with van der Waals surface area (Å²) in [7, 11) is 0. The summed E-state index contributed by atoms with van der Waals surface area (Å²) in [4.78, 5) is 16.0. The Morgan fingerprint density at radius 1 is 1.17 bits per heavy atom. The summed E-state index contributed by atoms with van der Waals surface area (Å²) in [6.07, 6.45) is 3.51. The molecule has 0 radical (unpaired) electrons. The average Bonchev–Trinajstić information content (AvgIpc) is 3.23. The fourth-order valence-corrected chi connectivity index (χ4v) is 3.16. The molecule has 4 rings (SSSR count). The van der Waals surface area contributed by atoms with Gasteiger partial charge in [0.1, 0.15) is 16.7 Å². The quantitative estimate of drug-likeness (QED) is 0.756. The molecule has 23 heavy (non-hydrogen) atoms. The monoisotopic (exact) mass is 331 g/mol. The van der Waals surface area contributed by atoms with E-state index in [1.165, 1.54) is 17.7 Å². The van der Waals surface area contributed by atoms with Crippen LogP contribution in [0.4, 0.5) is 11.6 Å². The number of nitrogens with one attached hydrogen (secondary N) is 1. The first kappa shape index (κ1) is 14.5. The zero-order valence-corrected chi connectivity index (χ0v) is 13.4. The normalized spacial score (nSPS) is 16.0. The molecular formula is C14H17N7OS. The highest BCUT2D eigenvalue weighted by atomic mass is 32.1. The summed E-state index contributed by atoms with van der Waals surface area (Å²) in [6, 6.07) is 1.94. The summed E-state index contributed by atoms with van der Waals surface area (Å²) in [6.45, 7) is 5.47. The summed E-state index contributed by atoms with van der Waals surface area (Å²) >= 11 is 1.50. The molecule has 1 aliphatic rings. The third-order valence-electron chi connectivity index (χ3n) is 3.77. The predicted octanol–water partition coefficient (Wildman–Crippen LogP) is 1.36. The maximum absolute atomic E-state index is 5.36. The molecule has 0 atom stereocenters. The predicted molar refractivity (Wildman–Crippen MR) is 88.0 cm³/mol. The van der Waals surface area contributed by atoms with Gasteiger partial charge in [-0.2, -0.15) is 5.10 Å². The van der Waals surface area contributed by atoms with Crippen molar-refractivity contribution in [2.75, 3.05) is 38.2 Å². The molecule has 4 heterocycles. The van der Waals surface area contributed by atoms with Crippen LogP contribution in [0.25, 0.3) is 10.3 Å². The van der Waals surface area contributed by atoms with Gasteiger partial charge in [0.2, 0.25) is 0 Å². The van der Waals surface area contributed by atoms with Crippen molar-refractivity contribution in [1.82, 2.24) is 29.6 Å². The lowest BCUT2D eigenvalue weighted by atomic mass is 10.4. The van der Waals surface area contributed by atoms with Gasteiger partial charge in [-0.15, -0.1) is 11.3 Å². The number of hydrogen-bond donors (Lipinski definition) is 1. The van der Waals surface area contributed by atoms with Crippen LogP contribution in [-0.2, 0) is 11.3 Å². The minimum Gasteiger partial charge on any atom is -0.379 e. The molecule has 0 bridgehead atoms. The van der Waals surface area contributed by atoms with Crippen molar-refractivity contribution in [3.63, 3.8) is 0 Å². The molecule has 3 aromatic heterocycles. The highest BCUT2D eigenvalue weighted by Gasteiger charge is 2.11. The van der Waals surface area contributed by atoms with Crippen molar-refractivity contribution in [2.24, 2.45) is 0 Å². The Hall–Kier alpha value is -2.10. The number of ether oxygens (including phenoxy) is 1. The van der Waals surface area contributed by atoms with Gasteiger partial charge in [0, 0.05) is 31.9 Å². The van der Waals surface area contributed by atoms with Crippen LogP contribution in [0.3, 0.4) is 0 Å². The molecule has 1 fully saturated rings. The van der Waals surface area contributed by atoms with Crippen molar-refractivity contribution in [3.05, 3.63) is 24.1 Å². The molecule has 0 spiro atoms. The molecule has 0 saturated carbocycles. The third-order valence-corrected chi connectivity index (χ3v) is 4.50. The molecule has 8 nitrogen and oxygen atoms in total. The van der Waals surface area contributed by atoms with Crippen LogP contribution in [0.15, 0.2) is 24.1 Å².